The first-order valence-electron chi connectivity index (χ1n) is 7.56. The van der Waals surface area contributed by atoms with Crippen molar-refractivity contribution >= 4 is 34.4 Å². The summed E-state index contributed by atoms with van der Waals surface area (Å²) in [7, 11) is 3.15. The topological polar surface area (TPSA) is 60.4 Å². The lowest BCUT2D eigenvalue weighted by molar-refractivity contribution is -0.135. The van der Waals surface area contributed by atoms with Crippen LogP contribution in [0.2, 0.25) is 0 Å². The molecule has 1 amide bonds. The van der Waals surface area contributed by atoms with Gasteiger partial charge in [-0.05, 0) is 59.0 Å². The minimum atomic E-state index is -0.713. The number of hydrogen-bond donors (Lipinski definition) is 0. The fraction of sp³-hybridized carbons (Fsp3) is 0.222. The van der Waals surface area contributed by atoms with Crippen molar-refractivity contribution in [3.05, 3.63) is 57.2 Å². The number of halogens is 1. The highest BCUT2D eigenvalue weighted by molar-refractivity contribution is 14.1. The van der Waals surface area contributed by atoms with Crippen LogP contribution in [0.4, 0.5) is 0 Å². The van der Waals surface area contributed by atoms with Crippen LogP contribution in [0.3, 0.4) is 0 Å². The largest absolute Gasteiger partial charge is 0.497 e. The molecular weight excluding hydrogens is 435 g/mol. The molecule has 1 aliphatic heterocycles. The summed E-state index contributed by atoms with van der Waals surface area (Å²) < 4.78 is 17.8. The Kier molecular flexibility index (Phi) is 5.12. The van der Waals surface area contributed by atoms with E-state index in [0.29, 0.717) is 23.0 Å². The zero-order valence-corrected chi connectivity index (χ0v) is 16.2. The second kappa shape index (κ2) is 7.30. The fourth-order valence-electron chi connectivity index (χ4n) is 2.54. The molecule has 0 saturated heterocycles. The van der Waals surface area contributed by atoms with Gasteiger partial charge in [-0.2, -0.15) is 5.01 Å². The number of ether oxygens (including phenoxy) is 3. The number of hydrogen-bond acceptors (Lipinski definition) is 5. The summed E-state index contributed by atoms with van der Waals surface area (Å²) >= 11 is 2.22. The Labute approximate surface area is 159 Å². The minimum absolute atomic E-state index is 0.226. The molecule has 0 N–H and O–H groups in total. The van der Waals surface area contributed by atoms with Gasteiger partial charge in [0.25, 0.3) is 0 Å². The smallest absolute Gasteiger partial charge is 0.243 e. The van der Waals surface area contributed by atoms with Crippen LogP contribution in [-0.4, -0.2) is 31.0 Å². The molecule has 1 heterocycles. The molecular formula is C18H17IN2O4. The summed E-state index contributed by atoms with van der Waals surface area (Å²) in [4.78, 5) is 12.1. The SMILES string of the molecule is COc1ccc(OC)c([C@@H]2OC(c3cccc(I)c3)=NN2C(C)=O)c1. The number of carbonyl (C=O) groups excluding carboxylic acids is 1. The van der Waals surface area contributed by atoms with E-state index in [9.17, 15) is 4.79 Å². The molecule has 7 heteroatoms. The number of benzene rings is 2. The summed E-state index contributed by atoms with van der Waals surface area (Å²) in [5.41, 5.74) is 1.48. The van der Waals surface area contributed by atoms with E-state index >= 15 is 0 Å². The van der Waals surface area contributed by atoms with Crippen LogP contribution in [-0.2, 0) is 9.53 Å². The van der Waals surface area contributed by atoms with Crippen LogP contribution in [0.5, 0.6) is 11.5 Å². The molecule has 0 fully saturated rings. The van der Waals surface area contributed by atoms with Gasteiger partial charge < -0.3 is 14.2 Å². The van der Waals surface area contributed by atoms with Crippen LogP contribution >= 0.6 is 22.6 Å². The Balaban J connectivity index is 2.02. The minimum Gasteiger partial charge on any atom is -0.497 e. The Morgan fingerprint density at radius 3 is 2.64 bits per heavy atom. The van der Waals surface area contributed by atoms with Gasteiger partial charge in [-0.25, -0.2) is 0 Å². The van der Waals surface area contributed by atoms with E-state index in [4.69, 9.17) is 14.2 Å². The van der Waals surface area contributed by atoms with Gasteiger partial charge in [-0.3, -0.25) is 4.79 Å². The lowest BCUT2D eigenvalue weighted by Crippen LogP contribution is -2.25. The summed E-state index contributed by atoms with van der Waals surface area (Å²) in [6, 6.07) is 13.1. The molecule has 0 spiro atoms. The summed E-state index contributed by atoms with van der Waals surface area (Å²) in [6.07, 6.45) is -0.713. The molecule has 0 saturated carbocycles. The monoisotopic (exact) mass is 452 g/mol. The van der Waals surface area contributed by atoms with Gasteiger partial charge in [0.05, 0.1) is 19.8 Å². The predicted octanol–water partition coefficient (Wildman–Crippen LogP) is 3.55. The van der Waals surface area contributed by atoms with E-state index in [0.717, 1.165) is 9.13 Å². The van der Waals surface area contributed by atoms with Crippen molar-refractivity contribution in [1.82, 2.24) is 5.01 Å². The molecule has 25 heavy (non-hydrogen) atoms. The van der Waals surface area contributed by atoms with Gasteiger partial charge >= 0.3 is 0 Å². The van der Waals surface area contributed by atoms with Crippen molar-refractivity contribution in [1.29, 1.82) is 0 Å². The summed E-state index contributed by atoms with van der Waals surface area (Å²) in [6.45, 7) is 1.45. The molecule has 2 aromatic rings. The Hall–Kier alpha value is -2.29. The van der Waals surface area contributed by atoms with E-state index in [-0.39, 0.29) is 5.91 Å². The maximum absolute atomic E-state index is 12.1. The Morgan fingerprint density at radius 1 is 1.20 bits per heavy atom. The molecule has 3 rings (SSSR count). The Morgan fingerprint density at radius 2 is 2.00 bits per heavy atom. The van der Waals surface area contributed by atoms with Gasteiger partial charge in [0.1, 0.15) is 11.5 Å². The lowest BCUT2D eigenvalue weighted by atomic mass is 10.1. The summed E-state index contributed by atoms with van der Waals surface area (Å²) in [5, 5.41) is 5.68. The third kappa shape index (κ3) is 3.55. The third-order valence-corrected chi connectivity index (χ3v) is 4.41. The molecule has 0 unspecified atom stereocenters. The highest BCUT2D eigenvalue weighted by Gasteiger charge is 2.35. The first-order valence-corrected chi connectivity index (χ1v) is 8.64. The highest BCUT2D eigenvalue weighted by Crippen LogP contribution is 2.37. The number of rotatable bonds is 4. The van der Waals surface area contributed by atoms with Crippen molar-refractivity contribution in [2.24, 2.45) is 5.10 Å². The summed E-state index contributed by atoms with van der Waals surface area (Å²) in [5.74, 6) is 1.40. The van der Waals surface area contributed by atoms with Crippen LogP contribution < -0.4 is 9.47 Å². The number of methoxy groups -OCH3 is 2. The lowest BCUT2D eigenvalue weighted by Gasteiger charge is -2.21. The second-order valence-corrected chi connectivity index (χ2v) is 6.60. The van der Waals surface area contributed by atoms with Gasteiger partial charge in [0.2, 0.25) is 18.0 Å². The normalized spacial score (nSPS) is 16.2. The van der Waals surface area contributed by atoms with E-state index in [2.05, 4.69) is 27.7 Å². The third-order valence-electron chi connectivity index (χ3n) is 3.74. The van der Waals surface area contributed by atoms with Crippen molar-refractivity contribution in [2.45, 2.75) is 13.2 Å². The van der Waals surface area contributed by atoms with Crippen molar-refractivity contribution in [2.75, 3.05) is 14.2 Å². The van der Waals surface area contributed by atoms with Gasteiger partial charge in [-0.15, -0.1) is 5.10 Å². The quantitative estimate of drug-likeness (QED) is 0.666. The maximum atomic E-state index is 12.1. The average Bonchev–Trinajstić information content (AvgIpc) is 3.06. The first kappa shape index (κ1) is 17.5. The number of carbonyl (C=O) groups is 1. The number of hydrazone groups is 1. The molecule has 130 valence electrons. The van der Waals surface area contributed by atoms with Crippen molar-refractivity contribution in [3.63, 3.8) is 0 Å². The molecule has 0 radical (unpaired) electrons. The van der Waals surface area contributed by atoms with E-state index < -0.39 is 6.23 Å². The van der Waals surface area contributed by atoms with Gasteiger partial charge in [-0.1, -0.05) is 6.07 Å². The zero-order chi connectivity index (χ0) is 18.0. The van der Waals surface area contributed by atoms with Crippen LogP contribution in [0.25, 0.3) is 0 Å². The van der Waals surface area contributed by atoms with Crippen LogP contribution in [0.1, 0.15) is 24.3 Å². The standard InChI is InChI=1S/C18H17IN2O4/c1-11(22)21-18(15-10-14(23-2)7-8-16(15)24-3)25-17(20-21)12-5-4-6-13(19)9-12/h4-10,18H,1-3H3/t18-/m0/s1. The molecule has 1 atom stereocenters. The molecule has 0 bridgehead atoms. The van der Waals surface area contributed by atoms with Crippen molar-refractivity contribution in [3.8, 4) is 11.5 Å². The van der Waals surface area contributed by atoms with E-state index in [1.54, 1.807) is 32.4 Å². The second-order valence-electron chi connectivity index (χ2n) is 5.36. The molecule has 1 aliphatic rings. The predicted molar refractivity (Wildman–Crippen MR) is 102 cm³/mol. The molecule has 0 aliphatic carbocycles. The number of amides is 1. The maximum Gasteiger partial charge on any atom is 0.243 e. The highest BCUT2D eigenvalue weighted by atomic mass is 127. The van der Waals surface area contributed by atoms with Gasteiger partial charge in [0.15, 0.2) is 0 Å². The van der Waals surface area contributed by atoms with Crippen LogP contribution in [0.15, 0.2) is 47.6 Å². The molecule has 0 aromatic heterocycles. The Bertz CT molecular complexity index is 838. The van der Waals surface area contributed by atoms with Crippen molar-refractivity contribution < 1.29 is 19.0 Å². The fourth-order valence-corrected chi connectivity index (χ4v) is 3.08. The average molecular weight is 452 g/mol. The zero-order valence-electron chi connectivity index (χ0n) is 14.0. The molecule has 2 aromatic carbocycles. The van der Waals surface area contributed by atoms with E-state index in [1.165, 1.54) is 11.9 Å². The molecule has 6 nitrogen and oxygen atoms in total. The number of nitrogens with zero attached hydrogens (tertiary/aromatic N) is 2. The van der Waals surface area contributed by atoms with E-state index in [1.807, 2.05) is 24.3 Å². The van der Waals surface area contributed by atoms with Gasteiger partial charge in [0, 0.05) is 16.1 Å². The first-order chi connectivity index (χ1) is 12.0. The van der Waals surface area contributed by atoms with Crippen LogP contribution in [0, 0.1) is 3.57 Å².